The Bertz CT molecular complexity index is 163. The maximum Gasteiger partial charge on any atom is 0.0299 e. The van der Waals surface area contributed by atoms with Crippen molar-refractivity contribution in [3.8, 4) is 0 Å². The van der Waals surface area contributed by atoms with Gasteiger partial charge in [-0.3, -0.25) is 0 Å². The van der Waals surface area contributed by atoms with Gasteiger partial charge in [0, 0.05) is 18.8 Å². The third-order valence-electron chi connectivity index (χ3n) is 2.19. The molecule has 1 rings (SSSR count). The van der Waals surface area contributed by atoms with E-state index in [1.165, 1.54) is 25.3 Å². The second-order valence-electron chi connectivity index (χ2n) is 3.09. The van der Waals surface area contributed by atoms with E-state index in [0.717, 1.165) is 0 Å². The van der Waals surface area contributed by atoms with E-state index in [1.807, 2.05) is 11.9 Å². The summed E-state index contributed by atoms with van der Waals surface area (Å²) in [6.45, 7) is 9.12. The monoisotopic (exact) mass is 171 g/mol. The van der Waals surface area contributed by atoms with Crippen molar-refractivity contribution in [3.05, 3.63) is 11.1 Å². The minimum atomic E-state index is 1.17. The van der Waals surface area contributed by atoms with Gasteiger partial charge in [-0.2, -0.15) is 0 Å². The molecule has 1 heterocycles. The van der Waals surface area contributed by atoms with Crippen molar-refractivity contribution in [2.24, 2.45) is 0 Å². The van der Waals surface area contributed by atoms with Gasteiger partial charge in [-0.05, 0) is 20.3 Å². The second kappa shape index (κ2) is 4.17. The highest BCUT2D eigenvalue weighted by Crippen LogP contribution is 2.21. The molecule has 0 saturated carbocycles. The zero-order valence-electron chi connectivity index (χ0n) is 7.68. The van der Waals surface area contributed by atoms with Crippen LogP contribution in [0.4, 0.5) is 0 Å². The van der Waals surface area contributed by atoms with Crippen LogP contribution in [0.25, 0.3) is 0 Å². The van der Waals surface area contributed by atoms with Crippen LogP contribution in [0.3, 0.4) is 0 Å². The fourth-order valence-electron chi connectivity index (χ4n) is 1.28. The Hall–Kier alpha value is 0.0500. The van der Waals surface area contributed by atoms with E-state index in [2.05, 4.69) is 25.1 Å². The van der Waals surface area contributed by atoms with Crippen LogP contribution in [0, 0.1) is 0 Å². The largest absolute Gasteiger partial charge is 0.246 e. The van der Waals surface area contributed by atoms with Crippen LogP contribution in [-0.2, 0) is 0 Å². The Morgan fingerprint density at radius 1 is 1.36 bits per heavy atom. The third-order valence-corrected chi connectivity index (χ3v) is 3.12. The highest BCUT2D eigenvalue weighted by atomic mass is 32.2. The molecule has 0 aromatic carbocycles. The summed E-state index contributed by atoms with van der Waals surface area (Å²) in [5, 5.41) is 0. The van der Waals surface area contributed by atoms with E-state index in [9.17, 15) is 0 Å². The summed E-state index contributed by atoms with van der Waals surface area (Å²) in [6, 6.07) is 0. The first kappa shape index (κ1) is 9.14. The van der Waals surface area contributed by atoms with Gasteiger partial charge in [-0.15, -0.1) is 0 Å². The number of rotatable bonds is 2. The summed E-state index contributed by atoms with van der Waals surface area (Å²) in [5.41, 5.74) is 3.16. The van der Waals surface area contributed by atoms with E-state index < -0.39 is 0 Å². The summed E-state index contributed by atoms with van der Waals surface area (Å²) in [7, 11) is 0. The summed E-state index contributed by atoms with van der Waals surface area (Å²) >= 11 is 1.96. The normalized spacial score (nSPS) is 21.0. The molecule has 0 atom stereocenters. The van der Waals surface area contributed by atoms with Crippen molar-refractivity contribution in [3.63, 3.8) is 0 Å². The molecule has 0 saturated heterocycles. The topological polar surface area (TPSA) is 3.24 Å². The van der Waals surface area contributed by atoms with E-state index in [1.54, 1.807) is 11.1 Å². The molecule has 0 amide bonds. The first-order valence-corrected chi connectivity index (χ1v) is 5.21. The molecule has 0 radical (unpaired) electrons. The van der Waals surface area contributed by atoms with E-state index in [-0.39, 0.29) is 0 Å². The molecule has 64 valence electrons. The van der Waals surface area contributed by atoms with Crippen LogP contribution in [0.2, 0.25) is 0 Å². The maximum absolute atomic E-state index is 2.46. The van der Waals surface area contributed by atoms with Gasteiger partial charge in [0.15, 0.2) is 0 Å². The number of nitrogens with zero attached hydrogens (tertiary/aromatic N) is 1. The fraction of sp³-hybridized carbons (Fsp3) is 0.778. The zero-order valence-corrected chi connectivity index (χ0v) is 8.50. The van der Waals surface area contributed by atoms with Crippen LogP contribution >= 0.6 is 11.9 Å². The molecule has 2 heteroatoms. The zero-order chi connectivity index (χ0) is 8.27. The molecule has 0 aliphatic carbocycles. The minimum absolute atomic E-state index is 1.17. The average Bonchev–Trinajstić information content (AvgIpc) is 1.98. The third kappa shape index (κ3) is 2.53. The van der Waals surface area contributed by atoms with Crippen LogP contribution < -0.4 is 0 Å². The van der Waals surface area contributed by atoms with Crippen molar-refractivity contribution in [2.75, 3.05) is 18.8 Å². The second-order valence-corrected chi connectivity index (χ2v) is 4.44. The lowest BCUT2D eigenvalue weighted by atomic mass is 10.1. The van der Waals surface area contributed by atoms with Gasteiger partial charge < -0.3 is 0 Å². The minimum Gasteiger partial charge on any atom is -0.246 e. The predicted molar refractivity (Wildman–Crippen MR) is 52.7 cm³/mol. The molecular formula is C9H17NS. The lowest BCUT2D eigenvalue weighted by Gasteiger charge is -2.26. The first-order valence-electron chi connectivity index (χ1n) is 4.27. The maximum atomic E-state index is 2.46. The molecular weight excluding hydrogens is 154 g/mol. The molecule has 0 fully saturated rings. The highest BCUT2D eigenvalue weighted by Gasteiger charge is 2.12. The fourth-order valence-corrected chi connectivity index (χ4v) is 2.15. The Kier molecular flexibility index (Phi) is 3.46. The SMILES string of the molecule is CCSN1CCC(C)=C(C)C1. The van der Waals surface area contributed by atoms with Crippen LogP contribution in [0.5, 0.6) is 0 Å². The Morgan fingerprint density at radius 2 is 2.09 bits per heavy atom. The molecule has 0 aromatic heterocycles. The smallest absolute Gasteiger partial charge is 0.0299 e. The van der Waals surface area contributed by atoms with Crippen molar-refractivity contribution >= 4 is 11.9 Å². The van der Waals surface area contributed by atoms with Gasteiger partial charge in [0.2, 0.25) is 0 Å². The summed E-state index contributed by atoms with van der Waals surface area (Å²) in [5.74, 6) is 1.20. The molecule has 0 spiro atoms. The summed E-state index contributed by atoms with van der Waals surface area (Å²) in [4.78, 5) is 0. The van der Waals surface area contributed by atoms with Crippen LogP contribution in [-0.4, -0.2) is 23.1 Å². The van der Waals surface area contributed by atoms with Gasteiger partial charge in [0.25, 0.3) is 0 Å². The van der Waals surface area contributed by atoms with Crippen LogP contribution in [0.15, 0.2) is 11.1 Å². The summed E-state index contributed by atoms with van der Waals surface area (Å²) < 4.78 is 2.46. The molecule has 1 aliphatic heterocycles. The Labute approximate surface area is 74.0 Å². The predicted octanol–water partition coefficient (Wildman–Crippen LogP) is 2.70. The average molecular weight is 171 g/mol. The molecule has 0 N–H and O–H groups in total. The van der Waals surface area contributed by atoms with E-state index in [4.69, 9.17) is 0 Å². The quantitative estimate of drug-likeness (QED) is 0.464. The number of hydrogen-bond donors (Lipinski definition) is 0. The molecule has 11 heavy (non-hydrogen) atoms. The number of hydrogen-bond acceptors (Lipinski definition) is 2. The Morgan fingerprint density at radius 3 is 2.64 bits per heavy atom. The molecule has 0 aromatic rings. The summed E-state index contributed by atoms with van der Waals surface area (Å²) in [6.07, 6.45) is 1.26. The van der Waals surface area contributed by atoms with Crippen molar-refractivity contribution in [2.45, 2.75) is 27.2 Å². The van der Waals surface area contributed by atoms with E-state index >= 15 is 0 Å². The van der Waals surface area contributed by atoms with Gasteiger partial charge in [-0.1, -0.05) is 30.0 Å². The van der Waals surface area contributed by atoms with Gasteiger partial charge >= 0.3 is 0 Å². The molecule has 0 unspecified atom stereocenters. The van der Waals surface area contributed by atoms with Crippen molar-refractivity contribution in [1.82, 2.24) is 4.31 Å². The van der Waals surface area contributed by atoms with Gasteiger partial charge in [0.05, 0.1) is 0 Å². The van der Waals surface area contributed by atoms with Crippen LogP contribution in [0.1, 0.15) is 27.2 Å². The molecule has 0 bridgehead atoms. The lowest BCUT2D eigenvalue weighted by molar-refractivity contribution is 0.482. The lowest BCUT2D eigenvalue weighted by Crippen LogP contribution is -2.24. The first-order chi connectivity index (χ1) is 5.24. The van der Waals surface area contributed by atoms with Gasteiger partial charge in [-0.25, -0.2) is 4.31 Å². The molecule has 1 aliphatic rings. The highest BCUT2D eigenvalue weighted by molar-refractivity contribution is 7.96. The van der Waals surface area contributed by atoms with E-state index in [0.29, 0.717) is 0 Å². The van der Waals surface area contributed by atoms with Crippen molar-refractivity contribution in [1.29, 1.82) is 0 Å². The standard InChI is InChI=1S/C9H17NS/c1-4-11-10-6-5-8(2)9(3)7-10/h4-7H2,1-3H3. The van der Waals surface area contributed by atoms with Crippen molar-refractivity contribution < 1.29 is 0 Å². The molecule has 1 nitrogen and oxygen atoms in total. The Balaban J connectivity index is 2.44. The van der Waals surface area contributed by atoms with Gasteiger partial charge in [0.1, 0.15) is 0 Å².